The minimum Gasteiger partial charge on any atom is -0.307 e. The highest BCUT2D eigenvalue weighted by atomic mass is 15.3. The van der Waals surface area contributed by atoms with Gasteiger partial charge in [0, 0.05) is 30.4 Å². The van der Waals surface area contributed by atoms with Gasteiger partial charge in [0.25, 0.3) is 0 Å². The second kappa shape index (κ2) is 4.09. The van der Waals surface area contributed by atoms with Gasteiger partial charge < -0.3 is 5.32 Å². The van der Waals surface area contributed by atoms with Gasteiger partial charge in [0.05, 0.1) is 6.20 Å². The lowest BCUT2D eigenvalue weighted by Gasteiger charge is -2.31. The molecule has 2 unspecified atom stereocenters. The summed E-state index contributed by atoms with van der Waals surface area (Å²) in [5.74, 6) is 2.06. The highest BCUT2D eigenvalue weighted by Gasteiger charge is 2.45. The first-order valence-corrected chi connectivity index (χ1v) is 7.60. The minimum atomic E-state index is 0.576. The van der Waals surface area contributed by atoms with Gasteiger partial charge in [0.1, 0.15) is 0 Å². The van der Waals surface area contributed by atoms with E-state index in [0.717, 1.165) is 17.9 Å². The van der Waals surface area contributed by atoms with Crippen molar-refractivity contribution >= 4 is 0 Å². The van der Waals surface area contributed by atoms with Crippen molar-refractivity contribution in [2.45, 2.75) is 57.0 Å². The predicted octanol–water partition coefficient (Wildman–Crippen LogP) is 2.58. The second-order valence-corrected chi connectivity index (χ2v) is 6.48. The summed E-state index contributed by atoms with van der Waals surface area (Å²) >= 11 is 0. The van der Waals surface area contributed by atoms with Crippen LogP contribution in [0, 0.1) is 11.8 Å². The minimum absolute atomic E-state index is 0.576. The standard InChI is InChI=1S/C15H23N3/c1-18-15-7-3-6-14(12(15)9-16-18)17-13-5-2-4-10-8-11(10)13/h9-11,13-14,17H,2-8H2,1H3/t10-,11+,13?,14?/m0/s1. The van der Waals surface area contributed by atoms with Crippen molar-refractivity contribution in [3.8, 4) is 0 Å². The molecular weight excluding hydrogens is 222 g/mol. The van der Waals surface area contributed by atoms with Gasteiger partial charge in [-0.2, -0.15) is 5.10 Å². The van der Waals surface area contributed by atoms with Crippen molar-refractivity contribution in [2.75, 3.05) is 0 Å². The van der Waals surface area contributed by atoms with E-state index in [4.69, 9.17) is 0 Å². The molecule has 0 saturated heterocycles. The molecule has 1 heterocycles. The van der Waals surface area contributed by atoms with E-state index in [0.29, 0.717) is 6.04 Å². The smallest absolute Gasteiger partial charge is 0.0540 e. The maximum atomic E-state index is 4.45. The number of rotatable bonds is 2. The first kappa shape index (κ1) is 11.0. The average Bonchev–Trinajstić information content (AvgIpc) is 3.09. The lowest BCUT2D eigenvalue weighted by molar-refractivity contribution is 0.305. The average molecular weight is 245 g/mol. The van der Waals surface area contributed by atoms with E-state index in [-0.39, 0.29) is 0 Å². The van der Waals surface area contributed by atoms with Crippen molar-refractivity contribution in [1.82, 2.24) is 15.1 Å². The summed E-state index contributed by atoms with van der Waals surface area (Å²) in [4.78, 5) is 0. The van der Waals surface area contributed by atoms with Crippen LogP contribution in [0.25, 0.3) is 0 Å². The van der Waals surface area contributed by atoms with Crippen LogP contribution in [0.15, 0.2) is 6.20 Å². The van der Waals surface area contributed by atoms with E-state index in [1.165, 1.54) is 56.2 Å². The highest BCUT2D eigenvalue weighted by Crippen LogP contribution is 2.50. The third-order valence-electron chi connectivity index (χ3n) is 5.38. The molecule has 1 N–H and O–H groups in total. The molecular formula is C15H23N3. The summed E-state index contributed by atoms with van der Waals surface area (Å²) in [5, 5.41) is 8.41. The van der Waals surface area contributed by atoms with Gasteiger partial charge in [-0.15, -0.1) is 0 Å². The maximum Gasteiger partial charge on any atom is 0.0540 e. The molecule has 2 saturated carbocycles. The topological polar surface area (TPSA) is 29.9 Å². The Bertz CT molecular complexity index is 451. The van der Waals surface area contributed by atoms with Crippen LogP contribution < -0.4 is 5.32 Å². The summed E-state index contributed by atoms with van der Waals surface area (Å²) in [6, 6.07) is 1.37. The quantitative estimate of drug-likeness (QED) is 0.868. The molecule has 1 aromatic heterocycles. The molecule has 1 aromatic rings. The van der Waals surface area contributed by atoms with Crippen molar-refractivity contribution in [2.24, 2.45) is 18.9 Å². The third kappa shape index (κ3) is 1.71. The molecule has 4 atom stereocenters. The van der Waals surface area contributed by atoms with Gasteiger partial charge in [0.15, 0.2) is 0 Å². The fourth-order valence-electron chi connectivity index (χ4n) is 4.25. The Kier molecular flexibility index (Phi) is 2.51. The predicted molar refractivity (Wildman–Crippen MR) is 71.3 cm³/mol. The molecule has 2 fully saturated rings. The summed E-state index contributed by atoms with van der Waals surface area (Å²) in [7, 11) is 2.08. The van der Waals surface area contributed by atoms with Crippen LogP contribution in [0.2, 0.25) is 0 Å². The van der Waals surface area contributed by atoms with Gasteiger partial charge in [-0.1, -0.05) is 12.8 Å². The number of nitrogens with one attached hydrogen (secondary N) is 1. The van der Waals surface area contributed by atoms with Gasteiger partial charge >= 0.3 is 0 Å². The van der Waals surface area contributed by atoms with Gasteiger partial charge in [-0.25, -0.2) is 0 Å². The van der Waals surface area contributed by atoms with Crippen molar-refractivity contribution in [1.29, 1.82) is 0 Å². The Balaban J connectivity index is 1.52. The van der Waals surface area contributed by atoms with Crippen LogP contribution in [0.4, 0.5) is 0 Å². The normalized spacial score (nSPS) is 38.1. The van der Waals surface area contributed by atoms with E-state index >= 15 is 0 Å². The second-order valence-electron chi connectivity index (χ2n) is 6.48. The zero-order chi connectivity index (χ0) is 12.1. The van der Waals surface area contributed by atoms with Crippen LogP contribution in [-0.2, 0) is 13.5 Å². The zero-order valence-electron chi connectivity index (χ0n) is 11.2. The molecule has 3 heteroatoms. The Hall–Kier alpha value is -0.830. The number of hydrogen-bond donors (Lipinski definition) is 1. The summed E-state index contributed by atoms with van der Waals surface area (Å²) < 4.78 is 2.07. The van der Waals surface area contributed by atoms with Crippen LogP contribution in [0.1, 0.15) is 55.8 Å². The number of aromatic nitrogens is 2. The molecule has 0 amide bonds. The SMILES string of the molecule is Cn1ncc2c1CCCC2NC1CCC[C@H]2C[C@@H]12. The number of aryl methyl sites for hydroxylation is 1. The lowest BCUT2D eigenvalue weighted by atomic mass is 9.89. The molecule has 0 aliphatic heterocycles. The molecule has 0 bridgehead atoms. The molecule has 18 heavy (non-hydrogen) atoms. The molecule has 0 radical (unpaired) electrons. The summed E-state index contributed by atoms with van der Waals surface area (Å²) in [6.45, 7) is 0. The van der Waals surface area contributed by atoms with Crippen LogP contribution in [-0.4, -0.2) is 15.8 Å². The maximum absolute atomic E-state index is 4.45. The highest BCUT2D eigenvalue weighted by molar-refractivity contribution is 5.25. The first-order valence-electron chi connectivity index (χ1n) is 7.60. The Morgan fingerprint density at radius 2 is 2.22 bits per heavy atom. The molecule has 0 spiro atoms. The number of nitrogens with zero attached hydrogens (tertiary/aromatic N) is 2. The number of hydrogen-bond acceptors (Lipinski definition) is 2. The molecule has 4 rings (SSSR count). The third-order valence-corrected chi connectivity index (χ3v) is 5.38. The molecule has 0 aromatic carbocycles. The van der Waals surface area contributed by atoms with E-state index in [1.54, 1.807) is 0 Å². The van der Waals surface area contributed by atoms with E-state index in [9.17, 15) is 0 Å². The van der Waals surface area contributed by atoms with Crippen molar-refractivity contribution in [3.63, 3.8) is 0 Å². The Morgan fingerprint density at radius 1 is 1.28 bits per heavy atom. The van der Waals surface area contributed by atoms with Crippen LogP contribution in [0.3, 0.4) is 0 Å². The van der Waals surface area contributed by atoms with Crippen LogP contribution >= 0.6 is 0 Å². The molecule has 3 nitrogen and oxygen atoms in total. The van der Waals surface area contributed by atoms with Gasteiger partial charge in [0.2, 0.25) is 0 Å². The van der Waals surface area contributed by atoms with E-state index in [1.807, 2.05) is 0 Å². The Labute approximate surface area is 109 Å². The zero-order valence-corrected chi connectivity index (χ0v) is 11.2. The summed E-state index contributed by atoms with van der Waals surface area (Å²) in [5.41, 5.74) is 2.94. The van der Waals surface area contributed by atoms with Gasteiger partial charge in [-0.05, 0) is 43.9 Å². The van der Waals surface area contributed by atoms with Crippen molar-refractivity contribution in [3.05, 3.63) is 17.5 Å². The van der Waals surface area contributed by atoms with E-state index < -0.39 is 0 Å². The summed E-state index contributed by atoms with van der Waals surface area (Å²) in [6.07, 6.45) is 11.7. The van der Waals surface area contributed by atoms with Gasteiger partial charge in [-0.3, -0.25) is 4.68 Å². The number of fused-ring (bicyclic) bond motifs is 2. The fraction of sp³-hybridized carbons (Fsp3) is 0.800. The molecule has 3 aliphatic carbocycles. The first-order chi connectivity index (χ1) is 8.83. The monoisotopic (exact) mass is 245 g/mol. The molecule has 98 valence electrons. The van der Waals surface area contributed by atoms with E-state index in [2.05, 4.69) is 28.3 Å². The lowest BCUT2D eigenvalue weighted by Crippen LogP contribution is -2.37. The fourth-order valence-corrected chi connectivity index (χ4v) is 4.25. The largest absolute Gasteiger partial charge is 0.307 e. The van der Waals surface area contributed by atoms with Crippen LogP contribution in [0.5, 0.6) is 0 Å². The van der Waals surface area contributed by atoms with Crippen molar-refractivity contribution < 1.29 is 0 Å². The Morgan fingerprint density at radius 3 is 3.17 bits per heavy atom. The molecule has 3 aliphatic rings.